The molecular formula is C13H25NO2. The van der Waals surface area contributed by atoms with Gasteiger partial charge in [-0.2, -0.15) is 0 Å². The van der Waals surface area contributed by atoms with Crippen LogP contribution in [0.15, 0.2) is 12.7 Å². The lowest BCUT2D eigenvalue weighted by molar-refractivity contribution is -0.163. The predicted octanol–water partition coefficient (Wildman–Crippen LogP) is 2.79. The van der Waals surface area contributed by atoms with Crippen molar-refractivity contribution in [2.45, 2.75) is 64.5 Å². The second-order valence-electron chi connectivity index (χ2n) is 4.14. The van der Waals surface area contributed by atoms with Gasteiger partial charge in [0, 0.05) is 0 Å². The maximum atomic E-state index is 11.8. The predicted molar refractivity (Wildman–Crippen MR) is 67.1 cm³/mol. The van der Waals surface area contributed by atoms with E-state index in [1.54, 1.807) is 6.08 Å². The van der Waals surface area contributed by atoms with E-state index in [2.05, 4.69) is 6.58 Å². The van der Waals surface area contributed by atoms with Gasteiger partial charge in [-0.1, -0.05) is 26.8 Å². The molecule has 0 aromatic heterocycles. The summed E-state index contributed by atoms with van der Waals surface area (Å²) >= 11 is 0. The van der Waals surface area contributed by atoms with Crippen LogP contribution in [0.5, 0.6) is 0 Å². The lowest BCUT2D eigenvalue weighted by Gasteiger charge is -2.31. The van der Waals surface area contributed by atoms with Gasteiger partial charge in [-0.3, -0.25) is 4.79 Å². The number of hydrogen-bond donors (Lipinski definition) is 1. The molecule has 0 aromatic carbocycles. The van der Waals surface area contributed by atoms with Crippen LogP contribution in [-0.2, 0) is 9.53 Å². The van der Waals surface area contributed by atoms with Gasteiger partial charge in [-0.25, -0.2) is 0 Å². The summed E-state index contributed by atoms with van der Waals surface area (Å²) in [7, 11) is 0. The number of hydrogen-bond acceptors (Lipinski definition) is 3. The molecule has 0 aromatic rings. The number of allylic oxidation sites excluding steroid dienone is 1. The van der Waals surface area contributed by atoms with Crippen molar-refractivity contribution in [2.24, 2.45) is 5.73 Å². The molecule has 16 heavy (non-hydrogen) atoms. The van der Waals surface area contributed by atoms with Crippen LogP contribution in [0, 0.1) is 0 Å². The Hall–Kier alpha value is -0.830. The highest BCUT2D eigenvalue weighted by molar-refractivity contribution is 5.75. The van der Waals surface area contributed by atoms with Gasteiger partial charge in [0.15, 0.2) is 0 Å². The molecule has 3 nitrogen and oxygen atoms in total. The van der Waals surface area contributed by atoms with Gasteiger partial charge in [0.25, 0.3) is 0 Å². The van der Waals surface area contributed by atoms with Crippen LogP contribution in [0.4, 0.5) is 0 Å². The number of esters is 1. The number of carbonyl (C=O) groups excluding carboxylic acids is 1. The van der Waals surface area contributed by atoms with Crippen LogP contribution in [0.2, 0.25) is 0 Å². The van der Waals surface area contributed by atoms with E-state index in [1.165, 1.54) is 0 Å². The third-order valence-electron chi connectivity index (χ3n) is 3.23. The smallest absolute Gasteiger partial charge is 0.323 e. The van der Waals surface area contributed by atoms with Gasteiger partial charge in [0.2, 0.25) is 0 Å². The maximum absolute atomic E-state index is 11.8. The molecule has 0 amide bonds. The molecule has 0 fully saturated rings. The van der Waals surface area contributed by atoms with Crippen LogP contribution >= 0.6 is 0 Å². The molecular weight excluding hydrogens is 202 g/mol. The molecule has 0 saturated carbocycles. The highest BCUT2D eigenvalue weighted by Crippen LogP contribution is 2.25. The summed E-state index contributed by atoms with van der Waals surface area (Å²) in [5.74, 6) is -0.285. The number of rotatable bonds is 8. The Balaban J connectivity index is 4.33. The fourth-order valence-corrected chi connectivity index (χ4v) is 1.67. The summed E-state index contributed by atoms with van der Waals surface area (Å²) in [5.41, 5.74) is 5.42. The van der Waals surface area contributed by atoms with E-state index in [0.29, 0.717) is 6.42 Å². The molecule has 0 rings (SSSR count). The van der Waals surface area contributed by atoms with Crippen LogP contribution in [0.3, 0.4) is 0 Å². The zero-order valence-corrected chi connectivity index (χ0v) is 10.8. The molecule has 0 heterocycles. The van der Waals surface area contributed by atoms with Crippen molar-refractivity contribution in [3.8, 4) is 0 Å². The minimum Gasteiger partial charge on any atom is -0.458 e. The molecule has 0 bridgehead atoms. The van der Waals surface area contributed by atoms with Gasteiger partial charge in [0.1, 0.15) is 11.6 Å². The Labute approximate surface area is 99.0 Å². The number of nitrogens with two attached hydrogens (primary N) is 1. The molecule has 94 valence electrons. The SMILES string of the molecule is C=CCC[C@@H](N)C(=O)OC(CC)(CC)CC. The van der Waals surface area contributed by atoms with Gasteiger partial charge >= 0.3 is 5.97 Å². The molecule has 0 aliphatic heterocycles. The summed E-state index contributed by atoms with van der Waals surface area (Å²) in [6.45, 7) is 9.72. The Morgan fingerprint density at radius 1 is 1.38 bits per heavy atom. The average molecular weight is 227 g/mol. The van der Waals surface area contributed by atoms with Crippen molar-refractivity contribution in [3.05, 3.63) is 12.7 Å². The molecule has 3 heteroatoms. The van der Waals surface area contributed by atoms with Crippen molar-refractivity contribution in [1.29, 1.82) is 0 Å². The highest BCUT2D eigenvalue weighted by Gasteiger charge is 2.30. The van der Waals surface area contributed by atoms with E-state index in [0.717, 1.165) is 25.7 Å². The number of ether oxygens (including phenoxy) is 1. The van der Waals surface area contributed by atoms with E-state index in [4.69, 9.17) is 10.5 Å². The van der Waals surface area contributed by atoms with E-state index in [9.17, 15) is 4.79 Å². The lowest BCUT2D eigenvalue weighted by atomic mass is 9.94. The zero-order chi connectivity index (χ0) is 12.6. The Morgan fingerprint density at radius 3 is 2.25 bits per heavy atom. The van der Waals surface area contributed by atoms with Gasteiger partial charge in [-0.05, 0) is 32.1 Å². The molecule has 2 N–H and O–H groups in total. The van der Waals surface area contributed by atoms with Gasteiger partial charge < -0.3 is 10.5 Å². The standard InChI is InChI=1S/C13H25NO2/c1-5-9-10-11(14)12(15)16-13(6-2,7-3)8-4/h5,11H,1,6-10,14H2,2-4H3/t11-/m1/s1. The summed E-state index contributed by atoms with van der Waals surface area (Å²) in [5, 5.41) is 0. The van der Waals surface area contributed by atoms with Crippen molar-refractivity contribution in [1.82, 2.24) is 0 Å². The normalized spacial score (nSPS) is 13.2. The third kappa shape index (κ3) is 4.35. The second-order valence-corrected chi connectivity index (χ2v) is 4.14. The minimum absolute atomic E-state index is 0.285. The van der Waals surface area contributed by atoms with Crippen LogP contribution in [0.1, 0.15) is 52.9 Å². The van der Waals surface area contributed by atoms with Gasteiger partial charge in [0.05, 0.1) is 0 Å². The molecule has 0 aliphatic rings. The molecule has 0 saturated heterocycles. The molecule has 0 unspecified atom stereocenters. The molecule has 0 radical (unpaired) electrons. The summed E-state index contributed by atoms with van der Waals surface area (Å²) in [6.07, 6.45) is 5.61. The van der Waals surface area contributed by atoms with Crippen molar-refractivity contribution in [3.63, 3.8) is 0 Å². The quantitative estimate of drug-likeness (QED) is 0.512. The van der Waals surface area contributed by atoms with Gasteiger partial charge in [-0.15, -0.1) is 6.58 Å². The fraction of sp³-hybridized carbons (Fsp3) is 0.769. The van der Waals surface area contributed by atoms with Crippen molar-refractivity contribution in [2.75, 3.05) is 0 Å². The molecule has 1 atom stereocenters. The average Bonchev–Trinajstić information content (AvgIpc) is 2.32. The van der Waals surface area contributed by atoms with Crippen LogP contribution in [0.25, 0.3) is 0 Å². The topological polar surface area (TPSA) is 52.3 Å². The molecule has 0 aliphatic carbocycles. The Morgan fingerprint density at radius 2 is 1.88 bits per heavy atom. The monoisotopic (exact) mass is 227 g/mol. The third-order valence-corrected chi connectivity index (χ3v) is 3.23. The Kier molecular flexibility index (Phi) is 7.06. The highest BCUT2D eigenvalue weighted by atomic mass is 16.6. The maximum Gasteiger partial charge on any atom is 0.323 e. The second kappa shape index (κ2) is 7.44. The largest absolute Gasteiger partial charge is 0.458 e. The van der Waals surface area contributed by atoms with E-state index >= 15 is 0 Å². The van der Waals surface area contributed by atoms with Crippen molar-refractivity contribution >= 4 is 5.97 Å². The zero-order valence-electron chi connectivity index (χ0n) is 10.8. The molecule has 0 spiro atoms. The van der Waals surface area contributed by atoms with Crippen molar-refractivity contribution < 1.29 is 9.53 Å². The van der Waals surface area contributed by atoms with Crippen LogP contribution < -0.4 is 5.73 Å². The van der Waals surface area contributed by atoms with E-state index in [1.807, 2.05) is 20.8 Å². The first-order valence-corrected chi connectivity index (χ1v) is 6.14. The summed E-state index contributed by atoms with van der Waals surface area (Å²) < 4.78 is 5.55. The first kappa shape index (κ1) is 15.2. The number of carbonyl (C=O) groups is 1. The minimum atomic E-state index is -0.526. The summed E-state index contributed by atoms with van der Waals surface area (Å²) in [6, 6.07) is -0.526. The first-order chi connectivity index (χ1) is 7.55. The van der Waals surface area contributed by atoms with Crippen LogP contribution in [-0.4, -0.2) is 17.6 Å². The van der Waals surface area contributed by atoms with E-state index < -0.39 is 6.04 Å². The fourth-order valence-electron chi connectivity index (χ4n) is 1.67. The first-order valence-electron chi connectivity index (χ1n) is 6.14. The lowest BCUT2D eigenvalue weighted by Crippen LogP contribution is -2.40. The summed E-state index contributed by atoms with van der Waals surface area (Å²) in [4.78, 5) is 11.8. The van der Waals surface area contributed by atoms with E-state index in [-0.39, 0.29) is 11.6 Å². The Bertz CT molecular complexity index is 214.